The third-order valence-electron chi connectivity index (χ3n) is 2.52. The van der Waals surface area contributed by atoms with Crippen LogP contribution in [0.5, 0.6) is 0 Å². The Morgan fingerprint density at radius 3 is 3.00 bits per heavy atom. The van der Waals surface area contributed by atoms with E-state index in [1.54, 1.807) is 6.20 Å². The number of halogens is 1. The summed E-state index contributed by atoms with van der Waals surface area (Å²) in [5.74, 6) is -0.215. The van der Waals surface area contributed by atoms with Gasteiger partial charge in [0.2, 0.25) is 0 Å². The van der Waals surface area contributed by atoms with Gasteiger partial charge in [-0.15, -0.1) is 0 Å². The molecule has 1 aliphatic rings. The molecule has 74 valence electrons. The van der Waals surface area contributed by atoms with E-state index in [-0.39, 0.29) is 11.9 Å². The number of methoxy groups -OCH3 is 1. The first kappa shape index (κ1) is 9.46. The van der Waals surface area contributed by atoms with Crippen molar-refractivity contribution in [2.45, 2.75) is 12.8 Å². The van der Waals surface area contributed by atoms with Gasteiger partial charge < -0.3 is 4.74 Å². The molecule has 1 aromatic heterocycles. The normalized spacial score (nSPS) is 19.1. The topological polar surface area (TPSA) is 39.2 Å². The van der Waals surface area contributed by atoms with Gasteiger partial charge in [0.15, 0.2) is 0 Å². The molecule has 0 saturated carbocycles. The summed E-state index contributed by atoms with van der Waals surface area (Å²) in [6.07, 6.45) is 3.16. The van der Waals surface area contributed by atoms with E-state index in [1.807, 2.05) is 6.07 Å². The zero-order valence-corrected chi connectivity index (χ0v) is 8.54. The Hall–Kier alpha value is -1.09. The predicted molar refractivity (Wildman–Crippen MR) is 52.2 cm³/mol. The van der Waals surface area contributed by atoms with Gasteiger partial charge in [-0.3, -0.25) is 4.79 Å². The quantitative estimate of drug-likeness (QED) is 0.524. The minimum atomic E-state index is -0.155. The molecule has 0 spiro atoms. The first-order valence-electron chi connectivity index (χ1n) is 4.42. The summed E-state index contributed by atoms with van der Waals surface area (Å²) in [6, 6.07) is 1.82. The number of carbonyl (C=O) groups excluding carboxylic acids is 1. The van der Waals surface area contributed by atoms with E-state index in [9.17, 15) is 4.79 Å². The van der Waals surface area contributed by atoms with E-state index < -0.39 is 0 Å². The Labute approximate surface area is 87.0 Å². The summed E-state index contributed by atoms with van der Waals surface area (Å²) in [5, 5.41) is 0.481. The van der Waals surface area contributed by atoms with Crippen molar-refractivity contribution in [1.82, 2.24) is 4.98 Å². The van der Waals surface area contributed by atoms with Crippen LogP contribution < -0.4 is 0 Å². The molecule has 1 atom stereocenters. The van der Waals surface area contributed by atoms with Crippen molar-refractivity contribution in [3.63, 3.8) is 0 Å². The third-order valence-corrected chi connectivity index (χ3v) is 2.72. The number of pyridine rings is 1. The minimum absolute atomic E-state index is 0.0599. The number of nitrogens with zero attached hydrogens (tertiary/aromatic N) is 1. The van der Waals surface area contributed by atoms with Gasteiger partial charge >= 0.3 is 5.97 Å². The number of fused-ring (bicyclic) bond motifs is 1. The lowest BCUT2D eigenvalue weighted by molar-refractivity contribution is -0.145. The number of hydrogen-bond acceptors (Lipinski definition) is 3. The Bertz CT molecular complexity index is 378. The molecule has 1 unspecified atom stereocenters. The molecule has 2 rings (SSSR count). The average molecular weight is 212 g/mol. The van der Waals surface area contributed by atoms with Crippen LogP contribution in [0.25, 0.3) is 0 Å². The highest BCUT2D eigenvalue weighted by molar-refractivity contribution is 6.29. The van der Waals surface area contributed by atoms with E-state index >= 15 is 0 Å². The van der Waals surface area contributed by atoms with Crippen LogP contribution in [0.3, 0.4) is 0 Å². The van der Waals surface area contributed by atoms with Crippen LogP contribution in [0.2, 0.25) is 5.15 Å². The molecule has 0 N–H and O–H groups in total. The third kappa shape index (κ3) is 1.60. The molecule has 0 aromatic carbocycles. The van der Waals surface area contributed by atoms with Crippen LogP contribution in [-0.4, -0.2) is 18.1 Å². The van der Waals surface area contributed by atoms with Crippen LogP contribution in [0.1, 0.15) is 11.1 Å². The highest BCUT2D eigenvalue weighted by Gasteiger charge is 2.28. The first-order valence-corrected chi connectivity index (χ1v) is 4.79. The van der Waals surface area contributed by atoms with E-state index in [0.717, 1.165) is 11.1 Å². The molecule has 1 aromatic rings. The van der Waals surface area contributed by atoms with E-state index in [4.69, 9.17) is 16.3 Å². The van der Waals surface area contributed by atoms with E-state index in [0.29, 0.717) is 18.0 Å². The molecular formula is C10H10ClNO2. The van der Waals surface area contributed by atoms with Crippen LogP contribution in [-0.2, 0) is 22.4 Å². The standard InChI is InChI=1S/C10H10ClNO2/c1-14-10(13)7-2-6-4-9(11)12-5-8(6)3-7/h4-5,7H,2-3H2,1H3. The van der Waals surface area contributed by atoms with Crippen molar-refractivity contribution in [2.24, 2.45) is 5.92 Å². The largest absolute Gasteiger partial charge is 0.469 e. The summed E-state index contributed by atoms with van der Waals surface area (Å²) in [7, 11) is 1.41. The van der Waals surface area contributed by atoms with Crippen LogP contribution >= 0.6 is 11.6 Å². The van der Waals surface area contributed by atoms with Crippen molar-refractivity contribution in [2.75, 3.05) is 7.11 Å². The maximum Gasteiger partial charge on any atom is 0.309 e. The maximum atomic E-state index is 11.3. The van der Waals surface area contributed by atoms with Gasteiger partial charge in [-0.1, -0.05) is 11.6 Å². The summed E-state index contributed by atoms with van der Waals surface area (Å²) < 4.78 is 4.70. The molecule has 0 bridgehead atoms. The molecule has 0 amide bonds. The molecule has 0 fully saturated rings. The van der Waals surface area contributed by atoms with Crippen LogP contribution in [0, 0.1) is 5.92 Å². The van der Waals surface area contributed by atoms with Gasteiger partial charge in [0, 0.05) is 6.20 Å². The summed E-state index contributed by atoms with van der Waals surface area (Å²) >= 11 is 5.76. The summed E-state index contributed by atoms with van der Waals surface area (Å²) in [4.78, 5) is 15.3. The second-order valence-electron chi connectivity index (χ2n) is 3.40. The van der Waals surface area contributed by atoms with Gasteiger partial charge in [0.25, 0.3) is 0 Å². The Morgan fingerprint density at radius 2 is 2.29 bits per heavy atom. The Morgan fingerprint density at radius 1 is 1.57 bits per heavy atom. The van der Waals surface area contributed by atoms with Crippen LogP contribution in [0.4, 0.5) is 0 Å². The number of esters is 1. The van der Waals surface area contributed by atoms with Crippen molar-refractivity contribution in [3.05, 3.63) is 28.5 Å². The number of carbonyl (C=O) groups is 1. The fourth-order valence-corrected chi connectivity index (χ4v) is 1.99. The molecule has 0 radical (unpaired) electrons. The van der Waals surface area contributed by atoms with Crippen molar-refractivity contribution < 1.29 is 9.53 Å². The fourth-order valence-electron chi connectivity index (χ4n) is 1.81. The lowest BCUT2D eigenvalue weighted by Crippen LogP contribution is -2.15. The Kier molecular flexibility index (Phi) is 2.42. The van der Waals surface area contributed by atoms with Gasteiger partial charge in [-0.25, -0.2) is 4.98 Å². The van der Waals surface area contributed by atoms with E-state index in [1.165, 1.54) is 7.11 Å². The summed E-state index contributed by atoms with van der Waals surface area (Å²) in [5.41, 5.74) is 2.21. The van der Waals surface area contributed by atoms with Gasteiger partial charge in [0.1, 0.15) is 5.15 Å². The fraction of sp³-hybridized carbons (Fsp3) is 0.400. The lowest BCUT2D eigenvalue weighted by atomic mass is 10.1. The number of ether oxygens (including phenoxy) is 1. The van der Waals surface area contributed by atoms with Gasteiger partial charge in [-0.2, -0.15) is 0 Å². The Balaban J connectivity index is 2.22. The number of hydrogen-bond donors (Lipinski definition) is 0. The smallest absolute Gasteiger partial charge is 0.309 e. The lowest BCUT2D eigenvalue weighted by Gasteiger charge is -2.04. The second-order valence-corrected chi connectivity index (χ2v) is 3.79. The predicted octanol–water partition coefficient (Wildman–Crippen LogP) is 1.62. The molecule has 1 heterocycles. The molecule has 4 heteroatoms. The van der Waals surface area contributed by atoms with Gasteiger partial charge in [0.05, 0.1) is 13.0 Å². The molecular weight excluding hydrogens is 202 g/mol. The monoisotopic (exact) mass is 211 g/mol. The van der Waals surface area contributed by atoms with Crippen molar-refractivity contribution in [3.8, 4) is 0 Å². The zero-order chi connectivity index (χ0) is 10.1. The molecule has 0 saturated heterocycles. The highest BCUT2D eigenvalue weighted by atomic mass is 35.5. The summed E-state index contributed by atoms with van der Waals surface area (Å²) in [6.45, 7) is 0. The van der Waals surface area contributed by atoms with Crippen LogP contribution in [0.15, 0.2) is 12.3 Å². The second kappa shape index (κ2) is 3.58. The number of rotatable bonds is 1. The van der Waals surface area contributed by atoms with Gasteiger partial charge in [-0.05, 0) is 30.0 Å². The molecule has 1 aliphatic carbocycles. The minimum Gasteiger partial charge on any atom is -0.469 e. The molecule has 14 heavy (non-hydrogen) atoms. The highest BCUT2D eigenvalue weighted by Crippen LogP contribution is 2.28. The number of aromatic nitrogens is 1. The van der Waals surface area contributed by atoms with E-state index in [2.05, 4.69) is 4.98 Å². The zero-order valence-electron chi connectivity index (χ0n) is 7.79. The van der Waals surface area contributed by atoms with Crippen molar-refractivity contribution >= 4 is 17.6 Å². The van der Waals surface area contributed by atoms with Crippen molar-refractivity contribution in [1.29, 1.82) is 0 Å². The first-order chi connectivity index (χ1) is 6.70. The maximum absolute atomic E-state index is 11.3. The SMILES string of the molecule is COC(=O)C1Cc2cnc(Cl)cc2C1. The molecule has 0 aliphatic heterocycles. The average Bonchev–Trinajstić information content (AvgIpc) is 2.59. The molecule has 3 nitrogen and oxygen atoms in total.